The first-order valence-corrected chi connectivity index (χ1v) is 7.58. The fourth-order valence-electron chi connectivity index (χ4n) is 3.34. The van der Waals surface area contributed by atoms with E-state index in [1.54, 1.807) is 0 Å². The maximum atomic E-state index is 6.09. The number of rotatable bonds is 4. The Bertz CT molecular complexity index is 431. The van der Waals surface area contributed by atoms with Gasteiger partial charge in [0, 0.05) is 17.1 Å². The molecule has 2 rings (SSSR count). The topological polar surface area (TPSA) is 15.3 Å². The van der Waals surface area contributed by atoms with Crippen LogP contribution in [0.2, 0.25) is 5.02 Å². The summed E-state index contributed by atoms with van der Waals surface area (Å²) in [5, 5.41) is 4.18. The van der Waals surface area contributed by atoms with Crippen LogP contribution in [0.1, 0.15) is 37.4 Å². The molecule has 0 spiro atoms. The number of nitrogens with one attached hydrogen (secondary N) is 1. The third-order valence-electron chi connectivity index (χ3n) is 4.24. The van der Waals surface area contributed by atoms with Crippen LogP contribution in [-0.4, -0.2) is 31.1 Å². The van der Waals surface area contributed by atoms with Gasteiger partial charge in [-0.2, -0.15) is 0 Å². The predicted molar refractivity (Wildman–Crippen MR) is 82.8 cm³/mol. The molecule has 0 saturated carbocycles. The van der Waals surface area contributed by atoms with E-state index in [0.29, 0.717) is 18.0 Å². The first kappa shape index (κ1) is 14.8. The molecule has 1 aliphatic rings. The van der Waals surface area contributed by atoms with Crippen molar-refractivity contribution in [3.8, 4) is 0 Å². The number of likely N-dealkylation sites (tertiary alicyclic amines) is 1. The summed E-state index contributed by atoms with van der Waals surface area (Å²) in [6.45, 7) is 9.03. The molecule has 19 heavy (non-hydrogen) atoms. The van der Waals surface area contributed by atoms with Gasteiger partial charge in [-0.3, -0.25) is 4.90 Å². The van der Waals surface area contributed by atoms with Gasteiger partial charge in [0.1, 0.15) is 0 Å². The van der Waals surface area contributed by atoms with Crippen molar-refractivity contribution in [1.29, 1.82) is 0 Å². The largest absolute Gasteiger partial charge is 0.319 e. The zero-order valence-electron chi connectivity index (χ0n) is 12.4. The number of halogens is 1. The molecule has 1 heterocycles. The average molecular weight is 281 g/mol. The molecule has 1 N–H and O–H groups in total. The van der Waals surface area contributed by atoms with Gasteiger partial charge in [0.25, 0.3) is 0 Å². The van der Waals surface area contributed by atoms with E-state index < -0.39 is 0 Å². The third kappa shape index (κ3) is 3.13. The fourth-order valence-corrected chi connectivity index (χ4v) is 3.57. The molecule has 0 aliphatic carbocycles. The molecule has 2 unspecified atom stereocenters. The summed E-state index contributed by atoms with van der Waals surface area (Å²) in [5.41, 5.74) is 2.75. The highest BCUT2D eigenvalue weighted by atomic mass is 35.5. The van der Waals surface area contributed by atoms with E-state index >= 15 is 0 Å². The second kappa shape index (κ2) is 6.25. The lowest BCUT2D eigenvalue weighted by Gasteiger charge is -2.32. The molecule has 1 fully saturated rings. The summed E-state index contributed by atoms with van der Waals surface area (Å²) >= 11 is 6.09. The number of aryl methyl sites for hydroxylation is 1. The molecule has 0 radical (unpaired) electrons. The Morgan fingerprint density at radius 3 is 2.74 bits per heavy atom. The molecule has 0 bridgehead atoms. The normalized spacial score (nSPS) is 24.3. The molecule has 1 aromatic carbocycles. The van der Waals surface area contributed by atoms with Crippen molar-refractivity contribution in [3.05, 3.63) is 34.3 Å². The Kier molecular flexibility index (Phi) is 4.88. The molecule has 1 aliphatic heterocycles. The molecular weight excluding hydrogens is 256 g/mol. The van der Waals surface area contributed by atoms with Crippen LogP contribution < -0.4 is 5.32 Å². The van der Waals surface area contributed by atoms with Gasteiger partial charge in [0.2, 0.25) is 0 Å². The molecule has 106 valence electrons. The molecule has 2 nitrogen and oxygen atoms in total. The molecule has 3 heteroatoms. The Labute approximate surface area is 122 Å². The third-order valence-corrected chi connectivity index (χ3v) is 4.48. The van der Waals surface area contributed by atoms with Crippen LogP contribution in [0.5, 0.6) is 0 Å². The maximum Gasteiger partial charge on any atom is 0.0408 e. The van der Waals surface area contributed by atoms with E-state index in [9.17, 15) is 0 Å². The van der Waals surface area contributed by atoms with Crippen LogP contribution in [-0.2, 0) is 0 Å². The zero-order chi connectivity index (χ0) is 14.0. The van der Waals surface area contributed by atoms with Crippen LogP contribution in [0.15, 0.2) is 18.2 Å². The van der Waals surface area contributed by atoms with Crippen molar-refractivity contribution < 1.29 is 0 Å². The van der Waals surface area contributed by atoms with E-state index in [4.69, 9.17) is 11.6 Å². The van der Waals surface area contributed by atoms with E-state index in [-0.39, 0.29) is 0 Å². The Morgan fingerprint density at radius 1 is 1.42 bits per heavy atom. The minimum Gasteiger partial charge on any atom is -0.319 e. The van der Waals surface area contributed by atoms with Crippen molar-refractivity contribution >= 4 is 11.6 Å². The van der Waals surface area contributed by atoms with Gasteiger partial charge in [-0.25, -0.2) is 0 Å². The number of hydrogen-bond donors (Lipinski definition) is 1. The monoisotopic (exact) mass is 280 g/mol. The quantitative estimate of drug-likeness (QED) is 0.906. The van der Waals surface area contributed by atoms with Crippen LogP contribution in [0, 0.1) is 12.8 Å². The SMILES string of the molecule is CNCC1CCN(C(C)C)C1c1ccc(Cl)cc1C. The van der Waals surface area contributed by atoms with Gasteiger partial charge in [-0.15, -0.1) is 0 Å². The van der Waals surface area contributed by atoms with E-state index in [2.05, 4.69) is 43.1 Å². The van der Waals surface area contributed by atoms with E-state index in [1.165, 1.54) is 24.1 Å². The molecule has 0 amide bonds. The van der Waals surface area contributed by atoms with Gasteiger partial charge < -0.3 is 5.32 Å². The van der Waals surface area contributed by atoms with E-state index in [1.807, 2.05) is 13.1 Å². The summed E-state index contributed by atoms with van der Waals surface area (Å²) in [7, 11) is 2.05. The Hall–Kier alpha value is -0.570. The first-order valence-electron chi connectivity index (χ1n) is 7.21. The summed E-state index contributed by atoms with van der Waals surface area (Å²) in [5.74, 6) is 0.687. The molecule has 0 aromatic heterocycles. The molecule has 1 saturated heterocycles. The summed E-state index contributed by atoms with van der Waals surface area (Å²) in [6, 6.07) is 7.43. The van der Waals surface area contributed by atoms with Gasteiger partial charge in [0.05, 0.1) is 0 Å². The highest BCUT2D eigenvalue weighted by Gasteiger charge is 2.36. The summed E-state index contributed by atoms with van der Waals surface area (Å²) in [4.78, 5) is 2.62. The standard InChI is InChI=1S/C16H25ClN2/c1-11(2)19-8-7-13(10-18-4)16(19)15-6-5-14(17)9-12(15)3/h5-6,9,11,13,16,18H,7-8,10H2,1-4H3. The second-order valence-corrected chi connectivity index (χ2v) is 6.32. The van der Waals surface area contributed by atoms with Crippen LogP contribution >= 0.6 is 11.6 Å². The smallest absolute Gasteiger partial charge is 0.0408 e. The van der Waals surface area contributed by atoms with Crippen molar-refractivity contribution in [2.45, 2.75) is 39.3 Å². The lowest BCUT2D eigenvalue weighted by Crippen LogP contribution is -2.34. The van der Waals surface area contributed by atoms with Gasteiger partial charge in [0.15, 0.2) is 0 Å². The van der Waals surface area contributed by atoms with Crippen molar-refractivity contribution in [2.24, 2.45) is 5.92 Å². The number of hydrogen-bond acceptors (Lipinski definition) is 2. The van der Waals surface area contributed by atoms with Crippen molar-refractivity contribution in [1.82, 2.24) is 10.2 Å². The number of benzene rings is 1. The Balaban J connectivity index is 2.34. The second-order valence-electron chi connectivity index (χ2n) is 5.88. The summed E-state index contributed by atoms with van der Waals surface area (Å²) in [6.07, 6.45) is 1.27. The molecular formula is C16H25ClN2. The van der Waals surface area contributed by atoms with E-state index in [0.717, 1.165) is 11.6 Å². The number of nitrogens with zero attached hydrogens (tertiary/aromatic N) is 1. The van der Waals surface area contributed by atoms with Gasteiger partial charge in [-0.1, -0.05) is 17.7 Å². The van der Waals surface area contributed by atoms with Crippen LogP contribution in [0.4, 0.5) is 0 Å². The fraction of sp³-hybridized carbons (Fsp3) is 0.625. The minimum atomic E-state index is 0.518. The average Bonchev–Trinajstić information content (AvgIpc) is 2.73. The highest BCUT2D eigenvalue weighted by Crippen LogP contribution is 2.40. The lowest BCUT2D eigenvalue weighted by atomic mass is 9.90. The van der Waals surface area contributed by atoms with Gasteiger partial charge >= 0.3 is 0 Å². The summed E-state index contributed by atoms with van der Waals surface area (Å²) < 4.78 is 0. The first-order chi connectivity index (χ1) is 9.04. The van der Waals surface area contributed by atoms with Gasteiger partial charge in [-0.05, 0) is 76.5 Å². The van der Waals surface area contributed by atoms with Crippen molar-refractivity contribution in [3.63, 3.8) is 0 Å². The Morgan fingerprint density at radius 2 is 2.16 bits per heavy atom. The highest BCUT2D eigenvalue weighted by molar-refractivity contribution is 6.30. The molecule has 2 atom stereocenters. The zero-order valence-corrected chi connectivity index (χ0v) is 13.2. The van der Waals surface area contributed by atoms with Crippen LogP contribution in [0.3, 0.4) is 0 Å². The maximum absolute atomic E-state index is 6.09. The van der Waals surface area contributed by atoms with Crippen LogP contribution in [0.25, 0.3) is 0 Å². The van der Waals surface area contributed by atoms with Crippen molar-refractivity contribution in [2.75, 3.05) is 20.1 Å². The minimum absolute atomic E-state index is 0.518. The molecule has 1 aromatic rings. The lowest BCUT2D eigenvalue weighted by molar-refractivity contribution is 0.182. The predicted octanol–water partition coefficient (Wildman–Crippen LogP) is 3.64.